The van der Waals surface area contributed by atoms with E-state index in [4.69, 9.17) is 9.47 Å². The fourth-order valence-corrected chi connectivity index (χ4v) is 2.91. The molecule has 0 bridgehead atoms. The number of alkyl halides is 1. The van der Waals surface area contributed by atoms with Gasteiger partial charge >= 0.3 is 0 Å². The van der Waals surface area contributed by atoms with Crippen molar-refractivity contribution >= 4 is 15.9 Å². The van der Waals surface area contributed by atoms with Crippen LogP contribution < -0.4 is 4.74 Å². The van der Waals surface area contributed by atoms with Crippen LogP contribution in [0.3, 0.4) is 0 Å². The fraction of sp³-hybridized carbons (Fsp3) is 0.571. The second-order valence-corrected chi connectivity index (χ2v) is 5.53. The van der Waals surface area contributed by atoms with E-state index in [9.17, 15) is 0 Å². The Balaban J connectivity index is 2.01. The second kappa shape index (κ2) is 5.87. The quantitative estimate of drug-likeness (QED) is 0.784. The number of hydrogen-bond acceptors (Lipinski definition) is 2. The summed E-state index contributed by atoms with van der Waals surface area (Å²) >= 11 is 3.78. The van der Waals surface area contributed by atoms with Crippen LogP contribution in [0.4, 0.5) is 0 Å². The van der Waals surface area contributed by atoms with Crippen molar-refractivity contribution in [3.8, 4) is 5.75 Å². The number of rotatable bonds is 4. The molecule has 0 aliphatic carbocycles. The standard InChI is InChI=1S/C14H19BrO2/c1-3-16-13-6-4-11(5-7-13)14(15)12-8-10(2)17-9-12/h4-7,10,12,14H,3,8-9H2,1-2H3. The molecule has 0 amide bonds. The molecule has 0 spiro atoms. The Morgan fingerprint density at radius 1 is 1.41 bits per heavy atom. The molecule has 3 unspecified atom stereocenters. The van der Waals surface area contributed by atoms with E-state index in [1.54, 1.807) is 0 Å². The summed E-state index contributed by atoms with van der Waals surface area (Å²) < 4.78 is 11.1. The molecule has 17 heavy (non-hydrogen) atoms. The van der Waals surface area contributed by atoms with Crippen LogP contribution in [0.15, 0.2) is 24.3 Å². The maximum absolute atomic E-state index is 5.62. The van der Waals surface area contributed by atoms with E-state index in [1.165, 1.54) is 5.56 Å². The summed E-state index contributed by atoms with van der Waals surface area (Å²) in [6.45, 7) is 5.70. The second-order valence-electron chi connectivity index (χ2n) is 4.54. The van der Waals surface area contributed by atoms with Crippen LogP contribution in [0, 0.1) is 5.92 Å². The Hall–Kier alpha value is -0.540. The highest BCUT2D eigenvalue weighted by Gasteiger charge is 2.28. The lowest BCUT2D eigenvalue weighted by molar-refractivity contribution is 0.120. The minimum atomic E-state index is 0.378. The van der Waals surface area contributed by atoms with Crippen molar-refractivity contribution in [2.45, 2.75) is 31.2 Å². The monoisotopic (exact) mass is 298 g/mol. The highest BCUT2D eigenvalue weighted by Crippen LogP contribution is 2.38. The summed E-state index contributed by atoms with van der Waals surface area (Å²) in [6, 6.07) is 8.33. The van der Waals surface area contributed by atoms with Gasteiger partial charge in [-0.2, -0.15) is 0 Å². The third-order valence-electron chi connectivity index (χ3n) is 3.15. The van der Waals surface area contributed by atoms with Gasteiger partial charge in [-0.15, -0.1) is 0 Å². The molecule has 3 heteroatoms. The molecule has 0 saturated carbocycles. The number of hydrogen-bond donors (Lipinski definition) is 0. The Morgan fingerprint density at radius 2 is 2.12 bits per heavy atom. The zero-order valence-electron chi connectivity index (χ0n) is 10.4. The molecule has 1 saturated heterocycles. The molecule has 1 aromatic carbocycles. The van der Waals surface area contributed by atoms with Crippen molar-refractivity contribution in [3.63, 3.8) is 0 Å². The lowest BCUT2D eigenvalue weighted by atomic mass is 9.97. The van der Waals surface area contributed by atoms with Gasteiger partial charge in [0.2, 0.25) is 0 Å². The highest BCUT2D eigenvalue weighted by molar-refractivity contribution is 9.09. The van der Waals surface area contributed by atoms with Crippen molar-refractivity contribution in [1.82, 2.24) is 0 Å². The topological polar surface area (TPSA) is 18.5 Å². The third kappa shape index (κ3) is 3.23. The molecule has 2 nitrogen and oxygen atoms in total. The first kappa shape index (κ1) is 12.9. The zero-order chi connectivity index (χ0) is 12.3. The predicted molar refractivity (Wildman–Crippen MR) is 72.8 cm³/mol. The van der Waals surface area contributed by atoms with Crippen molar-refractivity contribution in [1.29, 1.82) is 0 Å². The molecular weight excluding hydrogens is 280 g/mol. The molecule has 3 atom stereocenters. The number of benzene rings is 1. The molecule has 1 aliphatic rings. The summed E-state index contributed by atoms with van der Waals surface area (Å²) in [6.07, 6.45) is 1.52. The average molecular weight is 299 g/mol. The first-order valence-electron chi connectivity index (χ1n) is 6.19. The maximum atomic E-state index is 5.62. The summed E-state index contributed by atoms with van der Waals surface area (Å²) in [5.74, 6) is 1.51. The summed E-state index contributed by atoms with van der Waals surface area (Å²) in [5, 5.41) is 0. The lowest BCUT2D eigenvalue weighted by Gasteiger charge is -2.16. The smallest absolute Gasteiger partial charge is 0.119 e. The Labute approximate surface area is 111 Å². The largest absolute Gasteiger partial charge is 0.494 e. The van der Waals surface area contributed by atoms with Gasteiger partial charge in [0.25, 0.3) is 0 Å². The minimum Gasteiger partial charge on any atom is -0.494 e. The molecule has 0 radical (unpaired) electrons. The third-order valence-corrected chi connectivity index (χ3v) is 4.43. The lowest BCUT2D eigenvalue weighted by Crippen LogP contribution is -2.07. The normalized spacial score (nSPS) is 25.8. The van der Waals surface area contributed by atoms with Gasteiger partial charge in [0.05, 0.1) is 19.3 Å². The van der Waals surface area contributed by atoms with E-state index in [0.29, 0.717) is 23.5 Å². The predicted octanol–water partition coefficient (Wildman–Crippen LogP) is 3.95. The number of halogens is 1. The van der Waals surface area contributed by atoms with E-state index in [0.717, 1.165) is 18.8 Å². The van der Waals surface area contributed by atoms with Crippen LogP contribution in [0.25, 0.3) is 0 Å². The Morgan fingerprint density at radius 3 is 2.65 bits per heavy atom. The minimum absolute atomic E-state index is 0.378. The van der Waals surface area contributed by atoms with Gasteiger partial charge in [-0.1, -0.05) is 28.1 Å². The van der Waals surface area contributed by atoms with Crippen molar-refractivity contribution in [3.05, 3.63) is 29.8 Å². The Bertz CT molecular complexity index is 350. The first-order chi connectivity index (χ1) is 8.20. The van der Waals surface area contributed by atoms with Gasteiger partial charge in [0.15, 0.2) is 0 Å². The van der Waals surface area contributed by atoms with E-state index in [2.05, 4.69) is 35.0 Å². The zero-order valence-corrected chi connectivity index (χ0v) is 11.9. The molecule has 1 aliphatic heterocycles. The van der Waals surface area contributed by atoms with E-state index >= 15 is 0 Å². The number of ether oxygens (including phenoxy) is 2. The van der Waals surface area contributed by atoms with E-state index < -0.39 is 0 Å². The molecule has 1 heterocycles. The van der Waals surface area contributed by atoms with Crippen molar-refractivity contribution < 1.29 is 9.47 Å². The summed E-state index contributed by atoms with van der Waals surface area (Å²) in [4.78, 5) is 0.378. The van der Waals surface area contributed by atoms with Crippen LogP contribution >= 0.6 is 15.9 Å². The van der Waals surface area contributed by atoms with Gasteiger partial charge < -0.3 is 9.47 Å². The molecule has 1 fully saturated rings. The van der Waals surface area contributed by atoms with Crippen LogP contribution in [0.2, 0.25) is 0 Å². The van der Waals surface area contributed by atoms with Gasteiger partial charge in [0, 0.05) is 10.7 Å². The average Bonchev–Trinajstić information content (AvgIpc) is 2.76. The van der Waals surface area contributed by atoms with Gasteiger partial charge in [-0.25, -0.2) is 0 Å². The van der Waals surface area contributed by atoms with Crippen LogP contribution in [0.1, 0.15) is 30.7 Å². The highest BCUT2D eigenvalue weighted by atomic mass is 79.9. The SMILES string of the molecule is CCOc1ccc(C(Br)C2COC(C)C2)cc1. The molecule has 2 rings (SSSR count). The summed E-state index contributed by atoms with van der Waals surface area (Å²) in [7, 11) is 0. The summed E-state index contributed by atoms with van der Waals surface area (Å²) in [5.41, 5.74) is 1.30. The van der Waals surface area contributed by atoms with Gasteiger partial charge in [-0.3, -0.25) is 0 Å². The van der Waals surface area contributed by atoms with Gasteiger partial charge in [-0.05, 0) is 38.0 Å². The molecule has 0 aromatic heterocycles. The van der Waals surface area contributed by atoms with Crippen molar-refractivity contribution in [2.24, 2.45) is 5.92 Å². The fourth-order valence-electron chi connectivity index (χ4n) is 2.24. The van der Waals surface area contributed by atoms with Crippen LogP contribution in [-0.4, -0.2) is 19.3 Å². The Kier molecular flexibility index (Phi) is 4.46. The first-order valence-corrected chi connectivity index (χ1v) is 7.10. The molecule has 94 valence electrons. The molecule has 1 aromatic rings. The van der Waals surface area contributed by atoms with E-state index in [1.807, 2.05) is 19.1 Å². The van der Waals surface area contributed by atoms with Crippen LogP contribution in [0.5, 0.6) is 5.75 Å². The van der Waals surface area contributed by atoms with Crippen LogP contribution in [-0.2, 0) is 4.74 Å². The van der Waals surface area contributed by atoms with E-state index in [-0.39, 0.29) is 0 Å². The van der Waals surface area contributed by atoms with Crippen molar-refractivity contribution in [2.75, 3.05) is 13.2 Å². The van der Waals surface area contributed by atoms with Gasteiger partial charge in [0.1, 0.15) is 5.75 Å². The molecular formula is C14H19BrO2. The molecule has 0 N–H and O–H groups in total. The maximum Gasteiger partial charge on any atom is 0.119 e.